The molecule has 2 fully saturated rings. The number of aryl methyl sites for hydroxylation is 2. The summed E-state index contributed by atoms with van der Waals surface area (Å²) in [6.07, 6.45) is 6.27. The van der Waals surface area contributed by atoms with Crippen LogP contribution in [-0.2, 0) is 6.42 Å². The molecule has 0 amide bonds. The highest BCUT2D eigenvalue weighted by Gasteiger charge is 2.40. The van der Waals surface area contributed by atoms with Crippen molar-refractivity contribution in [2.75, 3.05) is 7.05 Å². The Kier molecular flexibility index (Phi) is 4.13. The SMILES string of the molecule is Cc1nc(CC(NN)C2CC3CCC(C2)N3C)sc1C. The fourth-order valence-electron chi connectivity index (χ4n) is 3.96. The van der Waals surface area contributed by atoms with Gasteiger partial charge in [-0.05, 0) is 52.5 Å². The van der Waals surface area contributed by atoms with E-state index in [1.807, 2.05) is 11.3 Å². The van der Waals surface area contributed by atoms with Crippen molar-refractivity contribution < 1.29 is 0 Å². The minimum absolute atomic E-state index is 0.372. The smallest absolute Gasteiger partial charge is 0.0947 e. The second kappa shape index (κ2) is 5.72. The molecule has 5 heteroatoms. The number of hydrazine groups is 1. The van der Waals surface area contributed by atoms with E-state index in [1.165, 1.54) is 41.3 Å². The third-order valence-corrected chi connectivity index (χ3v) is 6.48. The number of rotatable bonds is 4. The summed E-state index contributed by atoms with van der Waals surface area (Å²) in [5.74, 6) is 6.55. The lowest BCUT2D eigenvalue weighted by Gasteiger charge is -2.39. The van der Waals surface area contributed by atoms with E-state index in [-0.39, 0.29) is 0 Å². The molecule has 2 saturated heterocycles. The van der Waals surface area contributed by atoms with E-state index < -0.39 is 0 Å². The molecule has 0 aromatic carbocycles. The Bertz CT molecular complexity index is 439. The molecule has 4 nitrogen and oxygen atoms in total. The number of nitrogens with one attached hydrogen (secondary N) is 1. The number of hydrogen-bond donors (Lipinski definition) is 2. The molecule has 3 rings (SSSR count). The Balaban J connectivity index is 1.68. The van der Waals surface area contributed by atoms with Crippen molar-refractivity contribution in [1.29, 1.82) is 0 Å². The van der Waals surface area contributed by atoms with E-state index in [2.05, 4.69) is 36.2 Å². The van der Waals surface area contributed by atoms with Crippen LogP contribution in [0.15, 0.2) is 0 Å². The van der Waals surface area contributed by atoms with E-state index in [0.717, 1.165) is 18.5 Å². The minimum atomic E-state index is 0.372. The zero-order valence-corrected chi connectivity index (χ0v) is 13.5. The minimum Gasteiger partial charge on any atom is -0.300 e. The number of aromatic nitrogens is 1. The van der Waals surface area contributed by atoms with Crippen LogP contribution in [0, 0.1) is 19.8 Å². The van der Waals surface area contributed by atoms with Gasteiger partial charge in [0.1, 0.15) is 0 Å². The van der Waals surface area contributed by atoms with Gasteiger partial charge in [-0.1, -0.05) is 0 Å². The zero-order chi connectivity index (χ0) is 14.3. The second-order valence-corrected chi connectivity index (χ2v) is 7.80. The number of hydrogen-bond acceptors (Lipinski definition) is 5. The average molecular weight is 294 g/mol. The highest BCUT2D eigenvalue weighted by atomic mass is 32.1. The monoisotopic (exact) mass is 294 g/mol. The number of piperidine rings is 1. The summed E-state index contributed by atoms with van der Waals surface area (Å²) in [4.78, 5) is 8.59. The van der Waals surface area contributed by atoms with E-state index in [1.54, 1.807) is 0 Å². The summed E-state index contributed by atoms with van der Waals surface area (Å²) >= 11 is 1.82. The van der Waals surface area contributed by atoms with Crippen LogP contribution in [0.1, 0.15) is 41.3 Å². The predicted octanol–water partition coefficient (Wildman–Crippen LogP) is 2.01. The molecular weight excluding hydrogens is 268 g/mol. The highest BCUT2D eigenvalue weighted by Crippen LogP contribution is 2.39. The third kappa shape index (κ3) is 2.64. The molecule has 3 atom stereocenters. The highest BCUT2D eigenvalue weighted by molar-refractivity contribution is 7.11. The van der Waals surface area contributed by atoms with Crippen molar-refractivity contribution in [3.63, 3.8) is 0 Å². The lowest BCUT2D eigenvalue weighted by molar-refractivity contribution is 0.112. The van der Waals surface area contributed by atoms with Crippen molar-refractivity contribution in [3.8, 4) is 0 Å². The molecule has 2 aliphatic rings. The van der Waals surface area contributed by atoms with Crippen molar-refractivity contribution in [1.82, 2.24) is 15.3 Å². The fourth-order valence-corrected chi connectivity index (χ4v) is 4.95. The van der Waals surface area contributed by atoms with Gasteiger partial charge in [-0.2, -0.15) is 0 Å². The average Bonchev–Trinajstić information content (AvgIpc) is 2.83. The van der Waals surface area contributed by atoms with Crippen LogP contribution >= 0.6 is 11.3 Å². The summed E-state index contributed by atoms with van der Waals surface area (Å²) in [6, 6.07) is 1.92. The molecule has 0 radical (unpaired) electrons. The molecule has 0 aliphatic carbocycles. The molecule has 2 bridgehead atoms. The first-order chi connectivity index (χ1) is 9.58. The molecule has 2 aliphatic heterocycles. The van der Waals surface area contributed by atoms with Gasteiger partial charge >= 0.3 is 0 Å². The Morgan fingerprint density at radius 2 is 2.00 bits per heavy atom. The first-order valence-corrected chi connectivity index (χ1v) is 8.51. The van der Waals surface area contributed by atoms with Gasteiger partial charge in [0, 0.05) is 29.4 Å². The van der Waals surface area contributed by atoms with Gasteiger partial charge in [0.25, 0.3) is 0 Å². The van der Waals surface area contributed by atoms with Crippen molar-refractivity contribution in [3.05, 3.63) is 15.6 Å². The van der Waals surface area contributed by atoms with Crippen LogP contribution in [0.4, 0.5) is 0 Å². The molecule has 3 heterocycles. The molecule has 1 aromatic heterocycles. The van der Waals surface area contributed by atoms with E-state index in [4.69, 9.17) is 5.84 Å². The number of nitrogens with zero attached hydrogens (tertiary/aromatic N) is 2. The van der Waals surface area contributed by atoms with E-state index in [0.29, 0.717) is 12.0 Å². The van der Waals surface area contributed by atoms with Crippen LogP contribution in [0.3, 0.4) is 0 Å². The molecular formula is C15H26N4S. The van der Waals surface area contributed by atoms with Gasteiger partial charge < -0.3 is 4.90 Å². The van der Waals surface area contributed by atoms with Gasteiger partial charge in [0.15, 0.2) is 0 Å². The third-order valence-electron chi connectivity index (χ3n) is 5.39. The lowest BCUT2D eigenvalue weighted by atomic mass is 9.84. The quantitative estimate of drug-likeness (QED) is 0.659. The summed E-state index contributed by atoms with van der Waals surface area (Å²) < 4.78 is 0. The zero-order valence-electron chi connectivity index (χ0n) is 12.7. The van der Waals surface area contributed by atoms with Gasteiger partial charge in [-0.15, -0.1) is 11.3 Å². The standard InChI is InChI=1S/C15H26N4S/c1-9-10(2)20-15(17-9)8-14(18-16)11-6-12-4-5-13(7-11)19(12)3/h11-14,18H,4-8,16H2,1-3H3. The summed E-state index contributed by atoms with van der Waals surface area (Å²) in [5, 5.41) is 1.23. The summed E-state index contributed by atoms with van der Waals surface area (Å²) in [6.45, 7) is 4.24. The summed E-state index contributed by atoms with van der Waals surface area (Å²) in [7, 11) is 2.29. The maximum atomic E-state index is 5.86. The Labute approximate surface area is 125 Å². The van der Waals surface area contributed by atoms with Gasteiger partial charge in [-0.3, -0.25) is 11.3 Å². The maximum Gasteiger partial charge on any atom is 0.0947 e. The largest absolute Gasteiger partial charge is 0.300 e. The van der Waals surface area contributed by atoms with Gasteiger partial charge in [-0.25, -0.2) is 4.98 Å². The van der Waals surface area contributed by atoms with Crippen molar-refractivity contribution in [2.24, 2.45) is 11.8 Å². The molecule has 3 N–H and O–H groups in total. The number of thiazole rings is 1. The van der Waals surface area contributed by atoms with Crippen LogP contribution < -0.4 is 11.3 Å². The number of fused-ring (bicyclic) bond motifs is 2. The molecule has 20 heavy (non-hydrogen) atoms. The van der Waals surface area contributed by atoms with Crippen LogP contribution in [0.5, 0.6) is 0 Å². The van der Waals surface area contributed by atoms with E-state index in [9.17, 15) is 0 Å². The first-order valence-electron chi connectivity index (χ1n) is 7.69. The van der Waals surface area contributed by atoms with Crippen molar-refractivity contribution >= 4 is 11.3 Å². The second-order valence-electron chi connectivity index (χ2n) is 6.51. The lowest BCUT2D eigenvalue weighted by Crippen LogP contribution is -2.49. The van der Waals surface area contributed by atoms with Crippen LogP contribution in [0.2, 0.25) is 0 Å². The van der Waals surface area contributed by atoms with E-state index >= 15 is 0 Å². The Morgan fingerprint density at radius 1 is 1.35 bits per heavy atom. The molecule has 1 aromatic rings. The maximum absolute atomic E-state index is 5.86. The normalized spacial score (nSPS) is 31.7. The van der Waals surface area contributed by atoms with Gasteiger partial charge in [0.05, 0.1) is 10.7 Å². The number of nitrogens with two attached hydrogens (primary N) is 1. The van der Waals surface area contributed by atoms with Crippen LogP contribution in [-0.4, -0.2) is 35.1 Å². The molecule has 0 saturated carbocycles. The fraction of sp³-hybridized carbons (Fsp3) is 0.800. The summed E-state index contributed by atoms with van der Waals surface area (Å²) in [5.41, 5.74) is 4.25. The molecule has 3 unspecified atom stereocenters. The molecule has 112 valence electrons. The Hall–Kier alpha value is -0.490. The topological polar surface area (TPSA) is 54.2 Å². The first kappa shape index (κ1) is 14.4. The Morgan fingerprint density at radius 3 is 2.50 bits per heavy atom. The molecule has 0 spiro atoms. The predicted molar refractivity (Wildman–Crippen MR) is 83.7 cm³/mol. The van der Waals surface area contributed by atoms with Crippen molar-refractivity contribution in [2.45, 2.75) is 64.1 Å². The van der Waals surface area contributed by atoms with Gasteiger partial charge in [0.2, 0.25) is 0 Å². The van der Waals surface area contributed by atoms with Crippen LogP contribution in [0.25, 0.3) is 0 Å².